The molecule has 1 fully saturated rings. The van der Waals surface area contributed by atoms with Crippen molar-refractivity contribution in [3.05, 3.63) is 52.8 Å². The van der Waals surface area contributed by atoms with E-state index in [1.54, 1.807) is 36.1 Å². The van der Waals surface area contributed by atoms with Crippen molar-refractivity contribution in [2.45, 2.75) is 59.2 Å². The summed E-state index contributed by atoms with van der Waals surface area (Å²) in [5.41, 5.74) is 1.34. The molecule has 9 nitrogen and oxygen atoms in total. The van der Waals surface area contributed by atoms with E-state index in [1.165, 1.54) is 25.2 Å². The Bertz CT molecular complexity index is 1310. The van der Waals surface area contributed by atoms with E-state index in [9.17, 15) is 19.5 Å². The van der Waals surface area contributed by atoms with Crippen molar-refractivity contribution in [1.82, 2.24) is 4.90 Å². The number of anilines is 1. The number of aliphatic carboxylic acids is 1. The number of hydrogen-bond acceptors (Lipinski definition) is 6. The number of aryl methyl sites for hydroxylation is 1. The summed E-state index contributed by atoms with van der Waals surface area (Å²) in [5, 5.41) is 9.33. The normalized spacial score (nSPS) is 19.9. The van der Waals surface area contributed by atoms with Crippen LogP contribution in [0.4, 0.5) is 10.1 Å². The van der Waals surface area contributed by atoms with E-state index in [4.69, 9.17) is 14.2 Å². The van der Waals surface area contributed by atoms with Crippen molar-refractivity contribution in [2.24, 2.45) is 11.3 Å². The minimum absolute atomic E-state index is 0.114. The number of methoxy groups -OCH3 is 2. The Morgan fingerprint density at radius 2 is 1.78 bits per heavy atom. The molecule has 0 unspecified atom stereocenters. The van der Waals surface area contributed by atoms with E-state index in [1.807, 2.05) is 20.8 Å². The highest BCUT2D eigenvalue weighted by atomic mass is 19.1. The largest absolute Gasteiger partial charge is 0.493 e. The third-order valence-corrected chi connectivity index (χ3v) is 7.54. The van der Waals surface area contributed by atoms with Crippen LogP contribution in [0, 0.1) is 24.1 Å². The molecule has 10 heteroatoms. The third-order valence-electron chi connectivity index (χ3n) is 7.54. The van der Waals surface area contributed by atoms with Crippen LogP contribution in [0.25, 0.3) is 0 Å². The van der Waals surface area contributed by atoms with Crippen molar-refractivity contribution in [3.8, 4) is 11.5 Å². The molecule has 0 aliphatic carbocycles. The van der Waals surface area contributed by atoms with Gasteiger partial charge in [-0.25, -0.2) is 4.39 Å². The molecule has 2 atom stereocenters. The maximum atomic E-state index is 15.9. The fourth-order valence-corrected chi connectivity index (χ4v) is 5.62. The lowest BCUT2D eigenvalue weighted by Gasteiger charge is -2.33. The number of piperidine rings is 1. The SMILES string of the molecule is COc1cccc([C@@H]2O[C@@H](CC(=O)N3CCC(C(=O)O)CC3)C(=O)N(CC(C)(C)C)c3c(F)cc(C)cc32)c1OC. The molecule has 1 saturated heterocycles. The van der Waals surface area contributed by atoms with Crippen molar-refractivity contribution < 1.29 is 38.1 Å². The van der Waals surface area contributed by atoms with Crippen LogP contribution in [0.3, 0.4) is 0 Å². The van der Waals surface area contributed by atoms with E-state index in [0.29, 0.717) is 41.0 Å². The van der Waals surface area contributed by atoms with Gasteiger partial charge in [0.1, 0.15) is 18.0 Å². The summed E-state index contributed by atoms with van der Waals surface area (Å²) < 4.78 is 33.6. The first kappa shape index (κ1) is 30.3. The molecule has 0 spiro atoms. The summed E-state index contributed by atoms with van der Waals surface area (Å²) in [6.45, 7) is 8.38. The molecule has 2 aliphatic rings. The lowest BCUT2D eigenvalue weighted by Crippen LogP contribution is -2.47. The number of hydrogen-bond donors (Lipinski definition) is 1. The summed E-state index contributed by atoms with van der Waals surface area (Å²) in [6.07, 6.45) is -1.76. The standard InChI is InChI=1S/C31H39FN2O7/c1-18-14-21-26(22(32)15-18)34(17-31(2,3)4)29(36)24(16-25(35)33-12-10-19(11-13-33)30(37)38)41-27(21)20-8-7-9-23(39-5)28(20)40-6/h7-9,14-15,19,24,27H,10-13,16-17H2,1-6H3,(H,37,38)/t24-,27-/m0/s1. The second-order valence-corrected chi connectivity index (χ2v) is 12.0. The quantitative estimate of drug-likeness (QED) is 0.513. The van der Waals surface area contributed by atoms with E-state index in [-0.39, 0.29) is 37.6 Å². The van der Waals surface area contributed by atoms with Gasteiger partial charge in [0.05, 0.1) is 32.2 Å². The van der Waals surface area contributed by atoms with Crippen LogP contribution in [0.15, 0.2) is 30.3 Å². The fourth-order valence-electron chi connectivity index (χ4n) is 5.62. The number of likely N-dealkylation sites (tertiary alicyclic amines) is 1. The molecule has 2 amide bonds. The number of amides is 2. The molecule has 0 bridgehead atoms. The van der Waals surface area contributed by atoms with E-state index in [2.05, 4.69) is 0 Å². The molecule has 4 rings (SSSR count). The van der Waals surface area contributed by atoms with Gasteiger partial charge in [0.2, 0.25) is 5.91 Å². The van der Waals surface area contributed by atoms with Crippen LogP contribution in [0.1, 0.15) is 62.8 Å². The molecule has 2 heterocycles. The number of carboxylic acid groups (broad SMARTS) is 1. The average Bonchev–Trinajstić information content (AvgIpc) is 3.02. The molecule has 0 aromatic heterocycles. The molecule has 2 aromatic rings. The van der Waals surface area contributed by atoms with Gasteiger partial charge in [0, 0.05) is 30.8 Å². The average molecular weight is 571 g/mol. The summed E-state index contributed by atoms with van der Waals surface area (Å²) in [6, 6.07) is 8.45. The molecule has 2 aliphatic heterocycles. The van der Waals surface area contributed by atoms with Gasteiger partial charge in [0.15, 0.2) is 11.5 Å². The second kappa shape index (κ2) is 12.1. The molecule has 0 radical (unpaired) electrons. The van der Waals surface area contributed by atoms with Crippen molar-refractivity contribution >= 4 is 23.5 Å². The molecular weight excluding hydrogens is 531 g/mol. The maximum absolute atomic E-state index is 15.9. The van der Waals surface area contributed by atoms with Gasteiger partial charge >= 0.3 is 5.97 Å². The molecule has 2 aromatic carbocycles. The highest BCUT2D eigenvalue weighted by molar-refractivity contribution is 6.00. The first-order valence-electron chi connectivity index (χ1n) is 13.8. The van der Waals surface area contributed by atoms with Crippen molar-refractivity contribution in [1.29, 1.82) is 0 Å². The Hall–Kier alpha value is -3.66. The van der Waals surface area contributed by atoms with Crippen LogP contribution in [-0.2, 0) is 19.1 Å². The Morgan fingerprint density at radius 3 is 2.37 bits per heavy atom. The monoisotopic (exact) mass is 570 g/mol. The first-order chi connectivity index (χ1) is 19.3. The first-order valence-corrected chi connectivity index (χ1v) is 13.8. The number of carbonyl (C=O) groups is 3. The number of halogens is 1. The topological polar surface area (TPSA) is 106 Å². The van der Waals surface area contributed by atoms with E-state index >= 15 is 4.39 Å². The molecule has 1 N–H and O–H groups in total. The van der Waals surface area contributed by atoms with Gasteiger partial charge in [-0.15, -0.1) is 0 Å². The minimum atomic E-state index is -1.23. The van der Waals surface area contributed by atoms with Gasteiger partial charge in [-0.3, -0.25) is 14.4 Å². The second-order valence-electron chi connectivity index (χ2n) is 12.0. The predicted octanol–water partition coefficient (Wildman–Crippen LogP) is 4.73. The predicted molar refractivity (Wildman–Crippen MR) is 151 cm³/mol. The van der Waals surface area contributed by atoms with Crippen LogP contribution < -0.4 is 14.4 Å². The zero-order valence-corrected chi connectivity index (χ0v) is 24.5. The van der Waals surface area contributed by atoms with Crippen LogP contribution >= 0.6 is 0 Å². The van der Waals surface area contributed by atoms with Crippen molar-refractivity contribution in [3.63, 3.8) is 0 Å². The number of ether oxygens (including phenoxy) is 3. The number of carboxylic acids is 1. The number of fused-ring (bicyclic) bond motifs is 1. The Labute approximate surface area is 240 Å². The molecule has 222 valence electrons. The van der Waals surface area contributed by atoms with Gasteiger partial charge in [-0.05, 0) is 42.9 Å². The van der Waals surface area contributed by atoms with Crippen LogP contribution in [0.5, 0.6) is 11.5 Å². The summed E-state index contributed by atoms with van der Waals surface area (Å²) >= 11 is 0. The molecule has 0 saturated carbocycles. The Kier molecular flexibility index (Phi) is 8.91. The number of para-hydroxylation sites is 1. The highest BCUT2D eigenvalue weighted by Crippen LogP contribution is 2.46. The molecule has 41 heavy (non-hydrogen) atoms. The van der Waals surface area contributed by atoms with Crippen LogP contribution in [0.2, 0.25) is 0 Å². The number of benzene rings is 2. The maximum Gasteiger partial charge on any atom is 0.306 e. The lowest BCUT2D eigenvalue weighted by atomic mass is 9.93. The van der Waals surface area contributed by atoms with E-state index in [0.717, 1.165) is 0 Å². The zero-order chi connectivity index (χ0) is 30.1. The number of rotatable bonds is 7. The summed E-state index contributed by atoms with van der Waals surface area (Å²) in [5.74, 6) is -1.94. The van der Waals surface area contributed by atoms with Gasteiger partial charge in [-0.1, -0.05) is 39.0 Å². The Morgan fingerprint density at radius 1 is 1.10 bits per heavy atom. The number of carbonyl (C=O) groups excluding carboxylic acids is 2. The molecular formula is C31H39FN2O7. The minimum Gasteiger partial charge on any atom is -0.493 e. The smallest absolute Gasteiger partial charge is 0.306 e. The number of nitrogens with zero attached hydrogens (tertiary/aromatic N) is 2. The third kappa shape index (κ3) is 6.48. The summed E-state index contributed by atoms with van der Waals surface area (Å²) in [7, 11) is 3.01. The van der Waals surface area contributed by atoms with Gasteiger partial charge in [-0.2, -0.15) is 0 Å². The van der Waals surface area contributed by atoms with Gasteiger partial charge < -0.3 is 29.1 Å². The summed E-state index contributed by atoms with van der Waals surface area (Å²) in [4.78, 5) is 42.0. The highest BCUT2D eigenvalue weighted by Gasteiger charge is 2.42. The fraction of sp³-hybridized carbons (Fsp3) is 0.516. The van der Waals surface area contributed by atoms with Crippen LogP contribution in [-0.4, -0.2) is 67.7 Å². The van der Waals surface area contributed by atoms with Gasteiger partial charge in [0.25, 0.3) is 5.91 Å². The Balaban J connectivity index is 1.81. The van der Waals surface area contributed by atoms with E-state index < -0.39 is 41.2 Å². The zero-order valence-electron chi connectivity index (χ0n) is 24.5. The van der Waals surface area contributed by atoms with Crippen molar-refractivity contribution in [2.75, 3.05) is 38.8 Å². The lowest BCUT2D eigenvalue weighted by molar-refractivity contribution is -0.148.